The number of fused-ring (bicyclic) bond motifs is 1. The van der Waals surface area contributed by atoms with Crippen LogP contribution in [0.4, 0.5) is 0 Å². The van der Waals surface area contributed by atoms with E-state index in [-0.39, 0.29) is 0 Å². The van der Waals surface area contributed by atoms with Crippen LogP contribution in [0.15, 0.2) is 17.2 Å². The average molecular weight is 168 g/mol. The fourth-order valence-electron chi connectivity index (χ4n) is 0.954. The fraction of sp³-hybridized carbons (Fsp3) is 0.286. The van der Waals surface area contributed by atoms with Gasteiger partial charge in [0.2, 0.25) is 0 Å². The summed E-state index contributed by atoms with van der Waals surface area (Å²) >= 11 is 1.68. The summed E-state index contributed by atoms with van der Waals surface area (Å²) in [5.74, 6) is 1.58. The highest BCUT2D eigenvalue weighted by molar-refractivity contribution is 7.99. The van der Waals surface area contributed by atoms with E-state index in [1.54, 1.807) is 18.0 Å². The molecule has 0 aliphatic carbocycles. The second-order valence-corrected chi connectivity index (χ2v) is 3.20. The Morgan fingerprint density at radius 2 is 2.64 bits per heavy atom. The summed E-state index contributed by atoms with van der Waals surface area (Å²) in [6.45, 7) is 0.494. The average Bonchev–Trinajstić information content (AvgIpc) is 2.50. The van der Waals surface area contributed by atoms with Crippen LogP contribution >= 0.6 is 11.8 Å². The van der Waals surface area contributed by atoms with E-state index >= 15 is 0 Å². The molecule has 3 nitrogen and oxygen atoms in total. The Kier molecular flexibility index (Phi) is 1.71. The van der Waals surface area contributed by atoms with Gasteiger partial charge >= 0.3 is 0 Å². The molecular weight excluding hydrogens is 160 g/mol. The highest BCUT2D eigenvalue weighted by atomic mass is 32.2. The molecule has 0 saturated carbocycles. The van der Waals surface area contributed by atoms with Crippen LogP contribution in [-0.2, 0) is 6.54 Å². The molecule has 0 aromatic carbocycles. The van der Waals surface area contributed by atoms with Gasteiger partial charge in [0.1, 0.15) is 5.94 Å². The normalized spacial score (nSPS) is 14.3. The predicted octanol–water partition coefficient (Wildman–Crippen LogP) is 0.982. The predicted molar refractivity (Wildman–Crippen MR) is 43.5 cm³/mol. The second kappa shape index (κ2) is 2.71. The minimum absolute atomic E-state index is 0.494. The Labute approximate surface area is 69.0 Å². The molecule has 0 amide bonds. The molecule has 0 radical (unpaired) electrons. The highest BCUT2D eigenvalue weighted by Crippen LogP contribution is 2.35. The zero-order valence-electron chi connectivity index (χ0n) is 5.91. The number of rotatable bonds is 1. The molecule has 2 N–H and O–H groups in total. The Hall–Kier alpha value is -0.740. The molecule has 1 aromatic heterocycles. The van der Waals surface area contributed by atoms with Gasteiger partial charge in [0.25, 0.3) is 0 Å². The maximum Gasteiger partial charge on any atom is 0.152 e. The number of ether oxygens (including phenoxy) is 1. The van der Waals surface area contributed by atoms with E-state index in [4.69, 9.17) is 10.5 Å². The molecule has 0 spiro atoms. The number of hydrogen-bond donors (Lipinski definition) is 1. The summed E-state index contributed by atoms with van der Waals surface area (Å²) in [6, 6.07) is 1.98. The molecule has 11 heavy (non-hydrogen) atoms. The zero-order valence-corrected chi connectivity index (χ0v) is 6.73. The van der Waals surface area contributed by atoms with Crippen molar-refractivity contribution in [1.29, 1.82) is 0 Å². The Balaban J connectivity index is 2.41. The van der Waals surface area contributed by atoms with E-state index < -0.39 is 0 Å². The van der Waals surface area contributed by atoms with E-state index in [2.05, 4.69) is 4.98 Å². The minimum Gasteiger partial charge on any atom is -0.480 e. The van der Waals surface area contributed by atoms with Crippen LogP contribution < -0.4 is 10.5 Å². The molecule has 0 fully saturated rings. The van der Waals surface area contributed by atoms with E-state index in [1.807, 2.05) is 6.07 Å². The molecule has 4 heteroatoms. The lowest BCUT2D eigenvalue weighted by Crippen LogP contribution is -1.98. The Morgan fingerprint density at radius 3 is 3.45 bits per heavy atom. The van der Waals surface area contributed by atoms with Crippen LogP contribution in [0.3, 0.4) is 0 Å². The molecule has 58 valence electrons. The standard InChI is InChI=1S/C7H8N2OS/c8-2-5-1-7-6(3-9-5)10-4-11-7/h1,3H,2,4,8H2. The van der Waals surface area contributed by atoms with Crippen LogP contribution in [0.5, 0.6) is 5.75 Å². The van der Waals surface area contributed by atoms with Gasteiger partial charge in [-0.05, 0) is 6.07 Å². The summed E-state index contributed by atoms with van der Waals surface area (Å²) in [5.41, 5.74) is 6.35. The van der Waals surface area contributed by atoms with E-state index in [1.165, 1.54) is 0 Å². The van der Waals surface area contributed by atoms with Gasteiger partial charge in [-0.15, -0.1) is 0 Å². The zero-order chi connectivity index (χ0) is 7.68. The first-order chi connectivity index (χ1) is 5.40. The van der Waals surface area contributed by atoms with Crippen molar-refractivity contribution in [3.05, 3.63) is 18.0 Å². The summed E-state index contributed by atoms with van der Waals surface area (Å²) in [6.07, 6.45) is 1.73. The van der Waals surface area contributed by atoms with Crippen molar-refractivity contribution in [2.75, 3.05) is 5.94 Å². The van der Waals surface area contributed by atoms with Gasteiger partial charge < -0.3 is 10.5 Å². The van der Waals surface area contributed by atoms with Crippen LogP contribution in [0.1, 0.15) is 5.69 Å². The van der Waals surface area contributed by atoms with Gasteiger partial charge in [-0.25, -0.2) is 0 Å². The van der Waals surface area contributed by atoms with Crippen molar-refractivity contribution >= 4 is 11.8 Å². The maximum absolute atomic E-state index is 5.43. The molecule has 0 saturated heterocycles. The van der Waals surface area contributed by atoms with Gasteiger partial charge in [-0.2, -0.15) is 0 Å². The van der Waals surface area contributed by atoms with E-state index in [9.17, 15) is 0 Å². The van der Waals surface area contributed by atoms with Crippen molar-refractivity contribution < 1.29 is 4.74 Å². The van der Waals surface area contributed by atoms with Gasteiger partial charge in [0, 0.05) is 6.54 Å². The van der Waals surface area contributed by atoms with Crippen molar-refractivity contribution in [2.24, 2.45) is 5.73 Å². The molecule has 2 rings (SSSR count). The summed E-state index contributed by atoms with van der Waals surface area (Å²) in [5, 5.41) is 0. The summed E-state index contributed by atoms with van der Waals surface area (Å²) < 4.78 is 5.26. The Morgan fingerprint density at radius 1 is 1.73 bits per heavy atom. The first-order valence-corrected chi connectivity index (χ1v) is 4.33. The van der Waals surface area contributed by atoms with Crippen molar-refractivity contribution in [3.8, 4) is 5.75 Å². The minimum atomic E-state index is 0.494. The largest absolute Gasteiger partial charge is 0.480 e. The van der Waals surface area contributed by atoms with Gasteiger partial charge in [-0.3, -0.25) is 4.98 Å². The van der Waals surface area contributed by atoms with E-state index in [0.29, 0.717) is 12.5 Å². The molecule has 0 unspecified atom stereocenters. The summed E-state index contributed by atoms with van der Waals surface area (Å²) in [4.78, 5) is 5.26. The number of nitrogens with zero attached hydrogens (tertiary/aromatic N) is 1. The molecule has 1 aliphatic heterocycles. The van der Waals surface area contributed by atoms with Crippen LogP contribution in [0.2, 0.25) is 0 Å². The number of nitrogens with two attached hydrogens (primary N) is 1. The van der Waals surface area contributed by atoms with Crippen molar-refractivity contribution in [2.45, 2.75) is 11.4 Å². The molecule has 1 aromatic rings. The lowest BCUT2D eigenvalue weighted by atomic mass is 10.3. The maximum atomic E-state index is 5.43. The monoisotopic (exact) mass is 168 g/mol. The van der Waals surface area contributed by atoms with Gasteiger partial charge in [0.05, 0.1) is 16.8 Å². The topological polar surface area (TPSA) is 48.1 Å². The molecule has 0 bridgehead atoms. The number of hydrogen-bond acceptors (Lipinski definition) is 4. The van der Waals surface area contributed by atoms with Crippen LogP contribution in [0, 0.1) is 0 Å². The summed E-state index contributed by atoms with van der Waals surface area (Å²) in [7, 11) is 0. The van der Waals surface area contributed by atoms with Crippen molar-refractivity contribution in [3.63, 3.8) is 0 Å². The molecule has 1 aliphatic rings. The third-order valence-electron chi connectivity index (χ3n) is 1.53. The third kappa shape index (κ3) is 1.19. The fourth-order valence-corrected chi connectivity index (χ4v) is 1.74. The first kappa shape index (κ1) is 6.94. The molecule has 2 heterocycles. The van der Waals surface area contributed by atoms with Crippen molar-refractivity contribution in [1.82, 2.24) is 4.98 Å². The van der Waals surface area contributed by atoms with Gasteiger partial charge in [-0.1, -0.05) is 11.8 Å². The SMILES string of the molecule is NCc1cc2c(cn1)OCS2. The lowest BCUT2D eigenvalue weighted by molar-refractivity contribution is 0.395. The number of aromatic nitrogens is 1. The Bertz CT molecular complexity index is 277. The third-order valence-corrected chi connectivity index (χ3v) is 2.39. The first-order valence-electron chi connectivity index (χ1n) is 3.35. The quantitative estimate of drug-likeness (QED) is 0.679. The van der Waals surface area contributed by atoms with E-state index in [0.717, 1.165) is 16.3 Å². The number of thioether (sulfide) groups is 1. The number of pyridine rings is 1. The highest BCUT2D eigenvalue weighted by Gasteiger charge is 2.12. The van der Waals surface area contributed by atoms with Crippen LogP contribution in [0.25, 0.3) is 0 Å². The molecular formula is C7H8N2OS. The molecule has 0 atom stereocenters. The lowest BCUT2D eigenvalue weighted by Gasteiger charge is -1.98. The van der Waals surface area contributed by atoms with Gasteiger partial charge in [0.15, 0.2) is 5.75 Å². The second-order valence-electron chi connectivity index (χ2n) is 2.23. The smallest absolute Gasteiger partial charge is 0.152 e. The van der Waals surface area contributed by atoms with Crippen LogP contribution in [-0.4, -0.2) is 10.9 Å².